The quantitative estimate of drug-likeness (QED) is 0.641. The van der Waals surface area contributed by atoms with Gasteiger partial charge in [0.05, 0.1) is 12.6 Å². The molecule has 0 aromatic carbocycles. The molecular formula is C13H27N3OS. The minimum atomic E-state index is -0.612. The van der Waals surface area contributed by atoms with Crippen LogP contribution in [0.5, 0.6) is 0 Å². The van der Waals surface area contributed by atoms with Gasteiger partial charge in [-0.3, -0.25) is 5.32 Å². The molecule has 2 fully saturated rings. The first-order chi connectivity index (χ1) is 8.70. The van der Waals surface area contributed by atoms with Crippen molar-refractivity contribution in [3.8, 4) is 0 Å². The van der Waals surface area contributed by atoms with Crippen molar-refractivity contribution in [3.05, 3.63) is 0 Å². The van der Waals surface area contributed by atoms with Gasteiger partial charge in [-0.1, -0.05) is 19.6 Å². The molecule has 0 aliphatic carbocycles. The second kappa shape index (κ2) is 7.10. The lowest BCUT2D eigenvalue weighted by molar-refractivity contribution is -0.692. The van der Waals surface area contributed by atoms with Crippen molar-refractivity contribution in [2.45, 2.75) is 63.3 Å². The van der Waals surface area contributed by atoms with E-state index >= 15 is 0 Å². The Labute approximate surface area is 115 Å². The van der Waals surface area contributed by atoms with Crippen LogP contribution in [0.1, 0.15) is 39.5 Å². The van der Waals surface area contributed by atoms with E-state index in [1.54, 1.807) is 0 Å². The molecule has 0 amide bonds. The van der Waals surface area contributed by atoms with E-state index in [0.29, 0.717) is 6.04 Å². The summed E-state index contributed by atoms with van der Waals surface area (Å²) in [5, 5.41) is 21.2. The third-order valence-corrected chi connectivity index (χ3v) is 5.46. The summed E-state index contributed by atoms with van der Waals surface area (Å²) in [5.74, 6) is 1.35. The molecule has 2 saturated heterocycles. The molecule has 5 unspecified atom stereocenters. The Hall–Kier alpha value is 0.190. The molecule has 18 heavy (non-hydrogen) atoms. The maximum Gasteiger partial charge on any atom is 0.105 e. The first-order valence-corrected chi connectivity index (χ1v) is 8.38. The Bertz CT molecular complexity index is 236. The third kappa shape index (κ3) is 3.84. The molecule has 0 aromatic heterocycles. The maximum absolute atomic E-state index is 12.0. The van der Waals surface area contributed by atoms with Crippen LogP contribution >= 0.6 is 11.8 Å². The van der Waals surface area contributed by atoms with E-state index in [0.717, 1.165) is 18.2 Å². The van der Waals surface area contributed by atoms with Crippen molar-refractivity contribution in [3.63, 3.8) is 0 Å². The molecule has 0 aromatic rings. The second-order valence-electron chi connectivity index (χ2n) is 5.61. The van der Waals surface area contributed by atoms with E-state index in [9.17, 15) is 5.11 Å². The summed E-state index contributed by atoms with van der Waals surface area (Å²) in [6, 6.07) is 1.07. The highest BCUT2D eigenvalue weighted by molar-refractivity contribution is 7.99. The average Bonchev–Trinajstić information content (AvgIpc) is 2.37. The molecule has 106 valence electrons. The lowest BCUT2D eigenvalue weighted by Crippen LogP contribution is -2.92. The average molecular weight is 273 g/mol. The Morgan fingerprint density at radius 1 is 1.33 bits per heavy atom. The number of nitrogens with one attached hydrogen (secondary N) is 2. The molecule has 0 spiro atoms. The first-order valence-electron chi connectivity index (χ1n) is 7.33. The van der Waals surface area contributed by atoms with Gasteiger partial charge in [-0.15, -0.1) is 11.8 Å². The monoisotopic (exact) mass is 273 g/mol. The van der Waals surface area contributed by atoms with Gasteiger partial charge in [0.2, 0.25) is 0 Å². The molecule has 0 bridgehead atoms. The Balaban J connectivity index is 1.73. The Kier molecular flexibility index (Phi) is 5.76. The standard InChI is InChI=1S/C13H26N3OS/c1-3-11-9(2)15-13(16-12(11)17)18-8-10-6-4-5-7-14-10/h9-16H,3-8H2,1-2H3/q-1/p+1. The highest BCUT2D eigenvalue weighted by Gasteiger charge is 2.28. The van der Waals surface area contributed by atoms with Gasteiger partial charge < -0.3 is 15.7 Å². The molecule has 0 radical (unpaired) electrons. The van der Waals surface area contributed by atoms with Gasteiger partial charge >= 0.3 is 0 Å². The van der Waals surface area contributed by atoms with Crippen LogP contribution in [0.3, 0.4) is 0 Å². The first kappa shape index (κ1) is 14.6. The van der Waals surface area contributed by atoms with Gasteiger partial charge in [0.15, 0.2) is 0 Å². The fourth-order valence-electron chi connectivity index (χ4n) is 3.00. The van der Waals surface area contributed by atoms with E-state index in [1.807, 2.05) is 11.8 Å². The summed E-state index contributed by atoms with van der Waals surface area (Å²) in [4.78, 5) is 0. The molecule has 0 saturated carbocycles. The SMILES string of the molecule is CCC1C(C)NC(SCC2CCCC[NH2+]2)NC1[O-]. The molecule has 2 heterocycles. The van der Waals surface area contributed by atoms with Crippen molar-refractivity contribution in [2.75, 3.05) is 12.3 Å². The molecule has 2 aliphatic heterocycles. The van der Waals surface area contributed by atoms with Crippen molar-refractivity contribution in [1.29, 1.82) is 0 Å². The molecule has 4 nitrogen and oxygen atoms in total. The van der Waals surface area contributed by atoms with Crippen LogP contribution in [-0.4, -0.2) is 36.1 Å². The predicted molar refractivity (Wildman–Crippen MR) is 74.0 cm³/mol. The van der Waals surface area contributed by atoms with E-state index in [4.69, 9.17) is 0 Å². The number of hydrogen-bond donors (Lipinski definition) is 3. The number of nitrogens with two attached hydrogens (primary N) is 1. The lowest BCUT2D eigenvalue weighted by Gasteiger charge is -2.46. The summed E-state index contributed by atoms with van der Waals surface area (Å²) < 4.78 is 0. The molecule has 5 atom stereocenters. The fraction of sp³-hybridized carbons (Fsp3) is 1.00. The van der Waals surface area contributed by atoms with E-state index in [2.05, 4.69) is 29.8 Å². The molecular weight excluding hydrogens is 246 g/mol. The van der Waals surface area contributed by atoms with E-state index < -0.39 is 6.23 Å². The zero-order chi connectivity index (χ0) is 13.0. The van der Waals surface area contributed by atoms with Crippen molar-refractivity contribution in [2.24, 2.45) is 5.92 Å². The molecule has 2 aliphatic rings. The number of quaternary nitrogens is 1. The van der Waals surface area contributed by atoms with Crippen LogP contribution in [0.25, 0.3) is 0 Å². The normalized spacial score (nSPS) is 41.8. The van der Waals surface area contributed by atoms with Crippen molar-refractivity contribution >= 4 is 11.8 Å². The van der Waals surface area contributed by atoms with Gasteiger partial charge in [-0.25, -0.2) is 0 Å². The highest BCUT2D eigenvalue weighted by atomic mass is 32.2. The predicted octanol–water partition coefficient (Wildman–Crippen LogP) is -0.587. The van der Waals surface area contributed by atoms with E-state index in [-0.39, 0.29) is 11.4 Å². The van der Waals surface area contributed by atoms with Crippen LogP contribution < -0.4 is 21.1 Å². The number of rotatable bonds is 4. The maximum atomic E-state index is 12.0. The topological polar surface area (TPSA) is 63.7 Å². The minimum absolute atomic E-state index is 0.139. The van der Waals surface area contributed by atoms with Gasteiger partial charge in [0, 0.05) is 18.2 Å². The lowest BCUT2D eigenvalue weighted by atomic mass is 9.95. The van der Waals surface area contributed by atoms with Gasteiger partial charge in [0.25, 0.3) is 0 Å². The van der Waals surface area contributed by atoms with Crippen molar-refractivity contribution < 1.29 is 10.4 Å². The minimum Gasteiger partial charge on any atom is -0.840 e. The summed E-state index contributed by atoms with van der Waals surface area (Å²) in [6.45, 7) is 5.51. The van der Waals surface area contributed by atoms with Gasteiger partial charge in [-0.2, -0.15) is 0 Å². The van der Waals surface area contributed by atoms with Gasteiger partial charge in [-0.05, 0) is 25.7 Å². The number of thioether (sulfide) groups is 1. The summed E-state index contributed by atoms with van der Waals surface area (Å²) in [5.41, 5.74) is 0.139. The van der Waals surface area contributed by atoms with Crippen LogP contribution in [0.4, 0.5) is 0 Å². The summed E-state index contributed by atoms with van der Waals surface area (Å²) >= 11 is 1.87. The Morgan fingerprint density at radius 2 is 2.17 bits per heavy atom. The van der Waals surface area contributed by atoms with Crippen LogP contribution in [0.2, 0.25) is 0 Å². The van der Waals surface area contributed by atoms with Crippen LogP contribution in [0, 0.1) is 5.92 Å². The largest absolute Gasteiger partial charge is 0.840 e. The zero-order valence-electron chi connectivity index (χ0n) is 11.5. The molecule has 2 rings (SSSR count). The molecule has 5 heteroatoms. The zero-order valence-corrected chi connectivity index (χ0v) is 12.3. The van der Waals surface area contributed by atoms with Gasteiger partial charge in [0.1, 0.15) is 5.50 Å². The number of piperidine rings is 1. The van der Waals surface area contributed by atoms with E-state index in [1.165, 1.54) is 25.8 Å². The van der Waals surface area contributed by atoms with Crippen molar-refractivity contribution in [1.82, 2.24) is 10.6 Å². The number of hydrogen-bond acceptors (Lipinski definition) is 4. The molecule has 4 N–H and O–H groups in total. The third-order valence-electron chi connectivity index (χ3n) is 4.24. The van der Waals surface area contributed by atoms with Crippen LogP contribution in [-0.2, 0) is 0 Å². The fourth-order valence-corrected chi connectivity index (χ4v) is 4.29. The summed E-state index contributed by atoms with van der Waals surface area (Å²) in [7, 11) is 0. The smallest absolute Gasteiger partial charge is 0.105 e. The highest BCUT2D eigenvalue weighted by Crippen LogP contribution is 2.21. The summed E-state index contributed by atoms with van der Waals surface area (Å²) in [6.07, 6.45) is 4.39. The second-order valence-corrected chi connectivity index (χ2v) is 6.75. The van der Waals surface area contributed by atoms with Crippen LogP contribution in [0.15, 0.2) is 0 Å². The Morgan fingerprint density at radius 3 is 2.78 bits per heavy atom.